The van der Waals surface area contributed by atoms with E-state index in [-0.39, 0.29) is 12.3 Å². The van der Waals surface area contributed by atoms with Gasteiger partial charge in [0.05, 0.1) is 17.4 Å². The Labute approximate surface area is 118 Å². The third-order valence-corrected chi connectivity index (χ3v) is 2.63. The van der Waals surface area contributed by atoms with Crippen LogP contribution in [0, 0.1) is 11.3 Å². The van der Waals surface area contributed by atoms with Gasteiger partial charge in [-0.05, 0) is 25.5 Å². The number of nitriles is 1. The summed E-state index contributed by atoms with van der Waals surface area (Å²) in [6, 6.07) is 8.63. The van der Waals surface area contributed by atoms with Crippen molar-refractivity contribution in [3.05, 3.63) is 35.9 Å². The molecule has 20 heavy (non-hydrogen) atoms. The lowest BCUT2D eigenvalue weighted by Gasteiger charge is -2.10. The van der Waals surface area contributed by atoms with E-state index in [1.165, 1.54) is 6.08 Å². The molecule has 2 amide bonds. The van der Waals surface area contributed by atoms with Crippen LogP contribution < -0.4 is 10.6 Å². The van der Waals surface area contributed by atoms with Gasteiger partial charge in [0.1, 0.15) is 6.42 Å². The van der Waals surface area contributed by atoms with Gasteiger partial charge in [-0.15, -0.1) is 0 Å². The first kappa shape index (κ1) is 15.4. The molecule has 0 heterocycles. The second kappa shape index (κ2) is 7.74. The quantitative estimate of drug-likeness (QED) is 0.808. The fraction of sp³-hybridized carbons (Fsp3) is 0.267. The van der Waals surface area contributed by atoms with Crippen molar-refractivity contribution in [2.45, 2.75) is 26.7 Å². The molecule has 0 saturated heterocycles. The SMILES string of the molecule is CC/C(C)=C/C(=O)Nc1ccccc1NC(=O)CC#N. The molecule has 1 rings (SSSR count). The average molecular weight is 271 g/mol. The van der Waals surface area contributed by atoms with Crippen LogP contribution in [0.5, 0.6) is 0 Å². The zero-order chi connectivity index (χ0) is 15.0. The van der Waals surface area contributed by atoms with Crippen LogP contribution in [0.25, 0.3) is 0 Å². The fourth-order valence-electron chi connectivity index (χ4n) is 1.46. The summed E-state index contributed by atoms with van der Waals surface area (Å²) >= 11 is 0. The minimum Gasteiger partial charge on any atom is -0.323 e. The van der Waals surface area contributed by atoms with Crippen molar-refractivity contribution >= 4 is 23.2 Å². The van der Waals surface area contributed by atoms with Gasteiger partial charge < -0.3 is 10.6 Å². The smallest absolute Gasteiger partial charge is 0.248 e. The lowest BCUT2D eigenvalue weighted by Crippen LogP contribution is -2.14. The molecular formula is C15H17N3O2. The molecule has 0 aromatic heterocycles. The molecule has 0 aliphatic heterocycles. The molecule has 1 aromatic rings. The number of benzene rings is 1. The molecule has 104 valence electrons. The van der Waals surface area contributed by atoms with Crippen molar-refractivity contribution in [2.24, 2.45) is 0 Å². The van der Waals surface area contributed by atoms with Crippen molar-refractivity contribution in [2.75, 3.05) is 10.6 Å². The predicted molar refractivity (Wildman–Crippen MR) is 78.0 cm³/mol. The van der Waals surface area contributed by atoms with E-state index in [0.717, 1.165) is 12.0 Å². The first-order chi connectivity index (χ1) is 9.56. The molecule has 0 aliphatic carbocycles. The Balaban J connectivity index is 2.83. The van der Waals surface area contributed by atoms with Crippen LogP contribution in [0.2, 0.25) is 0 Å². The number of para-hydroxylation sites is 2. The van der Waals surface area contributed by atoms with Crippen molar-refractivity contribution < 1.29 is 9.59 Å². The molecule has 0 fully saturated rings. The van der Waals surface area contributed by atoms with E-state index in [9.17, 15) is 9.59 Å². The Bertz CT molecular complexity index is 571. The monoisotopic (exact) mass is 271 g/mol. The molecule has 1 aromatic carbocycles. The molecule has 2 N–H and O–H groups in total. The lowest BCUT2D eigenvalue weighted by atomic mass is 10.2. The van der Waals surface area contributed by atoms with Gasteiger partial charge in [0.2, 0.25) is 11.8 Å². The van der Waals surface area contributed by atoms with E-state index >= 15 is 0 Å². The van der Waals surface area contributed by atoms with Crippen LogP contribution in [0.4, 0.5) is 11.4 Å². The van der Waals surface area contributed by atoms with Crippen molar-refractivity contribution in [1.82, 2.24) is 0 Å². The van der Waals surface area contributed by atoms with E-state index in [0.29, 0.717) is 11.4 Å². The largest absolute Gasteiger partial charge is 0.323 e. The third kappa shape index (κ3) is 4.94. The number of carbonyl (C=O) groups is 2. The molecule has 5 nitrogen and oxygen atoms in total. The molecule has 0 spiro atoms. The van der Waals surface area contributed by atoms with Gasteiger partial charge in [0, 0.05) is 6.08 Å². The molecule has 0 aliphatic rings. The second-order valence-electron chi connectivity index (χ2n) is 4.26. The fourth-order valence-corrected chi connectivity index (χ4v) is 1.46. The topological polar surface area (TPSA) is 82.0 Å². The van der Waals surface area contributed by atoms with Crippen LogP contribution in [0.15, 0.2) is 35.9 Å². The van der Waals surface area contributed by atoms with E-state index in [2.05, 4.69) is 10.6 Å². The van der Waals surface area contributed by atoms with Crippen molar-refractivity contribution in [3.63, 3.8) is 0 Å². The maximum atomic E-state index is 11.8. The van der Waals surface area contributed by atoms with Gasteiger partial charge >= 0.3 is 0 Å². The molecule has 0 atom stereocenters. The summed E-state index contributed by atoms with van der Waals surface area (Å²) < 4.78 is 0. The van der Waals surface area contributed by atoms with E-state index < -0.39 is 5.91 Å². The van der Waals surface area contributed by atoms with Gasteiger partial charge in [-0.2, -0.15) is 5.26 Å². The first-order valence-corrected chi connectivity index (χ1v) is 6.30. The van der Waals surface area contributed by atoms with Crippen LogP contribution >= 0.6 is 0 Å². The molecular weight excluding hydrogens is 254 g/mol. The highest BCUT2D eigenvalue weighted by Crippen LogP contribution is 2.21. The minimum atomic E-state index is -0.408. The Kier molecular flexibility index (Phi) is 5.98. The highest BCUT2D eigenvalue weighted by atomic mass is 16.2. The van der Waals surface area contributed by atoms with E-state index in [1.807, 2.05) is 13.8 Å². The zero-order valence-electron chi connectivity index (χ0n) is 11.6. The normalized spacial score (nSPS) is 10.6. The van der Waals surface area contributed by atoms with Crippen molar-refractivity contribution in [1.29, 1.82) is 5.26 Å². The molecule has 5 heteroatoms. The summed E-state index contributed by atoms with van der Waals surface area (Å²) in [6.45, 7) is 3.84. The second-order valence-corrected chi connectivity index (χ2v) is 4.26. The predicted octanol–water partition coefficient (Wildman–Crippen LogP) is 2.83. The first-order valence-electron chi connectivity index (χ1n) is 6.30. The highest BCUT2D eigenvalue weighted by Gasteiger charge is 2.07. The lowest BCUT2D eigenvalue weighted by molar-refractivity contribution is -0.115. The number of carbonyl (C=O) groups excluding carboxylic acids is 2. The average Bonchev–Trinajstić information content (AvgIpc) is 2.41. The number of hydrogen-bond acceptors (Lipinski definition) is 3. The Hall–Kier alpha value is -2.61. The number of amides is 2. The maximum Gasteiger partial charge on any atom is 0.248 e. The summed E-state index contributed by atoms with van der Waals surface area (Å²) in [5.74, 6) is -0.652. The van der Waals surface area contributed by atoms with Crippen molar-refractivity contribution in [3.8, 4) is 6.07 Å². The summed E-state index contributed by atoms with van der Waals surface area (Å²) in [5, 5.41) is 13.8. The molecule has 0 bridgehead atoms. The number of nitrogens with one attached hydrogen (secondary N) is 2. The van der Waals surface area contributed by atoms with Gasteiger partial charge in [0.15, 0.2) is 0 Å². The number of anilines is 2. The molecule has 0 saturated carbocycles. The Morgan fingerprint density at radius 2 is 1.85 bits per heavy atom. The highest BCUT2D eigenvalue weighted by molar-refractivity contribution is 6.04. The standard InChI is InChI=1S/C15H17N3O2/c1-3-11(2)10-15(20)18-13-7-5-4-6-12(13)17-14(19)8-9-16/h4-7,10H,3,8H2,1-2H3,(H,17,19)(H,18,20)/b11-10+. The van der Waals surface area contributed by atoms with E-state index in [4.69, 9.17) is 5.26 Å². The zero-order valence-corrected chi connectivity index (χ0v) is 11.6. The molecule has 0 radical (unpaired) electrons. The summed E-state index contributed by atoms with van der Waals surface area (Å²) in [7, 11) is 0. The summed E-state index contributed by atoms with van der Waals surface area (Å²) in [4.78, 5) is 23.2. The Morgan fingerprint density at radius 1 is 1.25 bits per heavy atom. The maximum absolute atomic E-state index is 11.8. The van der Waals surface area contributed by atoms with Crippen LogP contribution in [0.3, 0.4) is 0 Å². The van der Waals surface area contributed by atoms with Gasteiger partial charge in [-0.25, -0.2) is 0 Å². The summed E-state index contributed by atoms with van der Waals surface area (Å²) in [6.07, 6.45) is 2.10. The van der Waals surface area contributed by atoms with Gasteiger partial charge in [0.25, 0.3) is 0 Å². The van der Waals surface area contributed by atoms with E-state index in [1.54, 1.807) is 30.3 Å². The molecule has 0 unspecified atom stereocenters. The van der Waals surface area contributed by atoms with Crippen LogP contribution in [0.1, 0.15) is 26.7 Å². The third-order valence-electron chi connectivity index (χ3n) is 2.63. The van der Waals surface area contributed by atoms with Crippen LogP contribution in [-0.4, -0.2) is 11.8 Å². The van der Waals surface area contributed by atoms with Crippen LogP contribution in [-0.2, 0) is 9.59 Å². The summed E-state index contributed by atoms with van der Waals surface area (Å²) in [5.41, 5.74) is 1.95. The van der Waals surface area contributed by atoms with Gasteiger partial charge in [-0.3, -0.25) is 9.59 Å². The van der Waals surface area contributed by atoms with Gasteiger partial charge in [-0.1, -0.05) is 24.6 Å². The Morgan fingerprint density at radius 3 is 2.40 bits per heavy atom. The number of nitrogens with zero attached hydrogens (tertiary/aromatic N) is 1. The number of allylic oxidation sites excluding steroid dienone is 1. The number of rotatable bonds is 5. The minimum absolute atomic E-state index is 0.225. The number of hydrogen-bond donors (Lipinski definition) is 2.